The Hall–Kier alpha value is -4.07. The molecule has 0 saturated carbocycles. The highest BCUT2D eigenvalue weighted by molar-refractivity contribution is 6.10. The van der Waals surface area contributed by atoms with Crippen molar-refractivity contribution in [2.24, 2.45) is 0 Å². The van der Waals surface area contributed by atoms with E-state index < -0.39 is 11.9 Å². The third kappa shape index (κ3) is 5.51. The summed E-state index contributed by atoms with van der Waals surface area (Å²) in [6.45, 7) is 3.97. The van der Waals surface area contributed by atoms with Crippen LogP contribution in [0.1, 0.15) is 21.5 Å². The maximum absolute atomic E-state index is 12.5. The van der Waals surface area contributed by atoms with Gasteiger partial charge in [-0.25, -0.2) is 9.78 Å². The number of benzene rings is 2. The number of aromatic nitrogens is 1. The molecule has 0 bridgehead atoms. The molecular formula is C23H23N3O5. The van der Waals surface area contributed by atoms with E-state index in [0.29, 0.717) is 28.8 Å². The van der Waals surface area contributed by atoms with E-state index in [1.165, 1.54) is 20.4 Å². The van der Waals surface area contributed by atoms with Gasteiger partial charge in [-0.15, -0.1) is 0 Å². The van der Waals surface area contributed by atoms with Crippen LogP contribution in [0.4, 0.5) is 10.5 Å². The molecule has 2 aromatic carbocycles. The lowest BCUT2D eigenvalue weighted by atomic mass is 10.1. The molecule has 0 saturated heterocycles. The molecule has 0 radical (unpaired) electrons. The van der Waals surface area contributed by atoms with Gasteiger partial charge >= 0.3 is 6.03 Å². The molecule has 31 heavy (non-hydrogen) atoms. The molecule has 3 aromatic rings. The molecule has 3 amide bonds. The molecule has 0 atom stereocenters. The number of hydrogen-bond acceptors (Lipinski definition) is 6. The minimum atomic E-state index is -0.720. The molecule has 0 aliphatic carbocycles. The van der Waals surface area contributed by atoms with Gasteiger partial charge in [-0.1, -0.05) is 12.1 Å². The molecule has 0 aliphatic heterocycles. The van der Waals surface area contributed by atoms with E-state index in [4.69, 9.17) is 14.2 Å². The molecule has 1 heterocycles. The van der Waals surface area contributed by atoms with Gasteiger partial charge in [-0.05, 0) is 55.3 Å². The van der Waals surface area contributed by atoms with E-state index in [0.717, 1.165) is 11.1 Å². The number of nitrogens with one attached hydrogen (secondary N) is 2. The monoisotopic (exact) mass is 421 g/mol. The minimum absolute atomic E-state index is 0.123. The average molecular weight is 421 g/mol. The summed E-state index contributed by atoms with van der Waals surface area (Å²) in [5.41, 5.74) is 2.69. The summed E-state index contributed by atoms with van der Waals surface area (Å²) in [7, 11) is 2.86. The van der Waals surface area contributed by atoms with Crippen LogP contribution in [0.15, 0.2) is 54.7 Å². The van der Waals surface area contributed by atoms with Gasteiger partial charge in [0.2, 0.25) is 5.88 Å². The number of amides is 3. The normalized spacial score (nSPS) is 10.2. The second-order valence-electron chi connectivity index (χ2n) is 6.76. The molecule has 1 aromatic heterocycles. The van der Waals surface area contributed by atoms with Crippen molar-refractivity contribution in [1.82, 2.24) is 10.3 Å². The first-order valence-electron chi connectivity index (χ1n) is 9.45. The number of rotatable bonds is 6. The number of ether oxygens (including phenoxy) is 3. The number of anilines is 1. The molecule has 8 nitrogen and oxygen atoms in total. The van der Waals surface area contributed by atoms with Crippen molar-refractivity contribution < 1.29 is 23.8 Å². The van der Waals surface area contributed by atoms with E-state index in [9.17, 15) is 9.59 Å². The Morgan fingerprint density at radius 1 is 0.903 bits per heavy atom. The van der Waals surface area contributed by atoms with Crippen LogP contribution in [0.5, 0.6) is 23.1 Å². The van der Waals surface area contributed by atoms with E-state index in [1.807, 2.05) is 32.0 Å². The SMILES string of the molecule is COc1cccc(OC)c1C(=O)NC(=O)Nc1ccc(Oc2cc(C)cc(C)c2)nc1. The Morgan fingerprint density at radius 2 is 1.55 bits per heavy atom. The zero-order valence-corrected chi connectivity index (χ0v) is 17.7. The number of urea groups is 1. The van der Waals surface area contributed by atoms with Crippen LogP contribution in [-0.4, -0.2) is 31.1 Å². The quantitative estimate of drug-likeness (QED) is 0.609. The summed E-state index contributed by atoms with van der Waals surface area (Å²) in [6.07, 6.45) is 1.44. The standard InChI is InChI=1S/C23H23N3O5/c1-14-10-15(2)12-17(11-14)31-20-9-8-16(13-24-20)25-23(28)26-22(27)21-18(29-3)6-5-7-19(21)30-4/h5-13H,1-4H3,(H2,25,26,27,28). The first-order valence-corrected chi connectivity index (χ1v) is 9.45. The van der Waals surface area contributed by atoms with E-state index in [-0.39, 0.29) is 5.56 Å². The maximum atomic E-state index is 12.5. The van der Waals surface area contributed by atoms with Gasteiger partial charge in [0.1, 0.15) is 22.8 Å². The van der Waals surface area contributed by atoms with Crippen molar-refractivity contribution in [2.75, 3.05) is 19.5 Å². The fraction of sp³-hybridized carbons (Fsp3) is 0.174. The van der Waals surface area contributed by atoms with Gasteiger partial charge < -0.3 is 19.5 Å². The second kappa shape index (κ2) is 9.62. The summed E-state index contributed by atoms with van der Waals surface area (Å²) in [5, 5.41) is 4.81. The van der Waals surface area contributed by atoms with Gasteiger partial charge in [-0.3, -0.25) is 10.1 Å². The Labute approximate surface area is 180 Å². The summed E-state index contributed by atoms with van der Waals surface area (Å²) in [6, 6.07) is 13.3. The zero-order valence-electron chi connectivity index (χ0n) is 17.7. The number of pyridine rings is 1. The predicted molar refractivity (Wildman–Crippen MR) is 116 cm³/mol. The molecule has 0 spiro atoms. The maximum Gasteiger partial charge on any atom is 0.326 e. The van der Waals surface area contributed by atoms with Crippen molar-refractivity contribution in [3.63, 3.8) is 0 Å². The predicted octanol–water partition coefficient (Wildman–Crippen LogP) is 4.47. The van der Waals surface area contributed by atoms with Crippen molar-refractivity contribution in [1.29, 1.82) is 0 Å². The number of carbonyl (C=O) groups excluding carboxylic acids is 2. The second-order valence-corrected chi connectivity index (χ2v) is 6.76. The highest BCUT2D eigenvalue weighted by atomic mass is 16.5. The van der Waals surface area contributed by atoms with Crippen LogP contribution >= 0.6 is 0 Å². The molecule has 8 heteroatoms. The molecule has 160 valence electrons. The van der Waals surface area contributed by atoms with Crippen LogP contribution in [0.3, 0.4) is 0 Å². The number of nitrogens with zero attached hydrogens (tertiary/aromatic N) is 1. The van der Waals surface area contributed by atoms with E-state index in [1.54, 1.807) is 30.3 Å². The smallest absolute Gasteiger partial charge is 0.326 e. The van der Waals surface area contributed by atoms with Crippen molar-refractivity contribution >= 4 is 17.6 Å². The van der Waals surface area contributed by atoms with Crippen molar-refractivity contribution in [3.8, 4) is 23.1 Å². The summed E-state index contributed by atoms with van der Waals surface area (Å²) in [5.74, 6) is 0.985. The van der Waals surface area contributed by atoms with Crippen molar-refractivity contribution in [3.05, 3.63) is 71.4 Å². The largest absolute Gasteiger partial charge is 0.496 e. The third-order valence-electron chi connectivity index (χ3n) is 4.29. The molecular weight excluding hydrogens is 398 g/mol. The Morgan fingerprint density at radius 3 is 2.10 bits per heavy atom. The Balaban J connectivity index is 1.64. The molecule has 2 N–H and O–H groups in total. The van der Waals surface area contributed by atoms with E-state index >= 15 is 0 Å². The molecule has 0 fully saturated rings. The van der Waals surface area contributed by atoms with Gasteiger partial charge in [0.15, 0.2) is 0 Å². The number of imide groups is 1. The van der Waals surface area contributed by atoms with Crippen molar-refractivity contribution in [2.45, 2.75) is 13.8 Å². The third-order valence-corrected chi connectivity index (χ3v) is 4.29. The fourth-order valence-corrected chi connectivity index (χ4v) is 3.03. The lowest BCUT2D eigenvalue weighted by Gasteiger charge is -2.13. The van der Waals surface area contributed by atoms with E-state index in [2.05, 4.69) is 15.6 Å². The first-order chi connectivity index (χ1) is 14.9. The Kier molecular flexibility index (Phi) is 6.71. The zero-order chi connectivity index (χ0) is 22.4. The van der Waals surface area contributed by atoms with Crippen LogP contribution < -0.4 is 24.8 Å². The first kappa shape index (κ1) is 21.6. The lowest BCUT2D eigenvalue weighted by Crippen LogP contribution is -2.34. The average Bonchev–Trinajstić information content (AvgIpc) is 2.73. The molecule has 0 unspecified atom stereocenters. The Bertz CT molecular complexity index is 1050. The van der Waals surface area contributed by atoms with Gasteiger partial charge in [0.05, 0.1) is 26.1 Å². The van der Waals surface area contributed by atoms with Crippen LogP contribution in [0.25, 0.3) is 0 Å². The van der Waals surface area contributed by atoms with Crippen LogP contribution in [0.2, 0.25) is 0 Å². The van der Waals surface area contributed by atoms with Gasteiger partial charge in [0.25, 0.3) is 5.91 Å². The number of carbonyl (C=O) groups is 2. The summed E-state index contributed by atoms with van der Waals surface area (Å²) >= 11 is 0. The summed E-state index contributed by atoms with van der Waals surface area (Å²) in [4.78, 5) is 29.0. The van der Waals surface area contributed by atoms with Crippen LogP contribution in [-0.2, 0) is 0 Å². The minimum Gasteiger partial charge on any atom is -0.496 e. The number of methoxy groups -OCH3 is 2. The fourth-order valence-electron chi connectivity index (χ4n) is 3.03. The van der Waals surface area contributed by atoms with Gasteiger partial charge in [0, 0.05) is 6.07 Å². The highest BCUT2D eigenvalue weighted by Gasteiger charge is 2.20. The molecule has 0 aliphatic rings. The number of aryl methyl sites for hydroxylation is 2. The number of hydrogen-bond donors (Lipinski definition) is 2. The lowest BCUT2D eigenvalue weighted by molar-refractivity contribution is 0.0961. The highest BCUT2D eigenvalue weighted by Crippen LogP contribution is 2.28. The molecule has 3 rings (SSSR count). The topological polar surface area (TPSA) is 98.8 Å². The van der Waals surface area contributed by atoms with Crippen LogP contribution in [0, 0.1) is 13.8 Å². The van der Waals surface area contributed by atoms with Gasteiger partial charge in [-0.2, -0.15) is 0 Å². The summed E-state index contributed by atoms with van der Waals surface area (Å²) < 4.78 is 16.1.